The molecule has 39 heavy (non-hydrogen) atoms. The van der Waals surface area contributed by atoms with Crippen molar-refractivity contribution in [1.82, 2.24) is 20.2 Å². The number of carboxylic acid groups (broad SMARTS) is 1. The smallest absolute Gasteiger partial charge is 0.353 e. The molecular weight excluding hydrogens is 613 g/mol. The van der Waals surface area contributed by atoms with Gasteiger partial charge in [-0.3, -0.25) is 19.5 Å². The Morgan fingerprint density at radius 1 is 1.41 bits per heavy atom. The molecule has 2 aliphatic heterocycles. The number of aliphatic carboxylic acids is 1. The molecule has 2 aromatic heterocycles. The van der Waals surface area contributed by atoms with Gasteiger partial charge >= 0.3 is 5.97 Å². The lowest BCUT2D eigenvalue weighted by atomic mass is 10.0. The highest BCUT2D eigenvalue weighted by Gasteiger charge is 2.54. The lowest BCUT2D eigenvalue weighted by molar-refractivity contribution is -0.150. The van der Waals surface area contributed by atoms with Crippen molar-refractivity contribution in [2.45, 2.75) is 21.2 Å². The Morgan fingerprint density at radius 3 is 2.87 bits per heavy atom. The molecule has 6 N–H and O–H groups in total. The van der Waals surface area contributed by atoms with Gasteiger partial charge < -0.3 is 26.7 Å². The van der Waals surface area contributed by atoms with Crippen molar-refractivity contribution in [3.8, 4) is 0 Å². The Hall–Kier alpha value is -2.57. The molecule has 0 aliphatic carbocycles. The van der Waals surface area contributed by atoms with E-state index in [2.05, 4.69) is 20.4 Å². The van der Waals surface area contributed by atoms with Crippen molar-refractivity contribution >= 4 is 86.9 Å². The molecule has 1 saturated heterocycles. The SMILES string of the molecule is NCCSc1cnccc1SC1=C(C(=O)O)N2C(=O)[C@@H](NC(=O)/C(=N\OCCF)c3nc(N)sc3Cl)[C@H]2SC1. The number of β-lactam (4-membered cyclic amide) rings is 1. The molecule has 0 bridgehead atoms. The van der Waals surface area contributed by atoms with Gasteiger partial charge in [0.15, 0.2) is 10.8 Å². The number of hydrogen-bond acceptors (Lipinski definition) is 13. The first-order valence-corrected chi connectivity index (χ1v) is 15.2. The minimum Gasteiger partial charge on any atom is -0.477 e. The zero-order valence-corrected chi connectivity index (χ0v) is 23.9. The molecular formula is C21H21ClFN7O5S4. The number of halogens is 2. The summed E-state index contributed by atoms with van der Waals surface area (Å²) in [5.74, 6) is -1.80. The molecule has 2 aliphatic rings. The maximum Gasteiger partial charge on any atom is 0.353 e. The highest BCUT2D eigenvalue weighted by atomic mass is 35.5. The standard InChI is InChI=1S/C21H21ClFN7O5S4/c22-16-12(28-21(25)39-16)13(29-35-5-2-23)17(31)27-14-18(32)30-15(20(33)34)11(8-37-19(14)30)38-9-1-4-26-7-10(9)36-6-3-24/h1,4,7,14,19H,2-3,5-6,8,24H2,(H2,25,28)(H,27,31)(H,33,34)/b29-13-/t14-,19-/m1/s1. The molecule has 0 aromatic carbocycles. The summed E-state index contributed by atoms with van der Waals surface area (Å²) in [5.41, 5.74) is 10.6. The van der Waals surface area contributed by atoms with Gasteiger partial charge in [0.25, 0.3) is 11.8 Å². The quantitative estimate of drug-likeness (QED) is 0.0877. The zero-order valence-electron chi connectivity index (χ0n) is 19.8. The molecule has 4 rings (SSSR count). The molecule has 4 heterocycles. The van der Waals surface area contributed by atoms with Crippen LogP contribution in [0, 0.1) is 0 Å². The van der Waals surface area contributed by atoms with Gasteiger partial charge in [-0.2, -0.15) is 0 Å². The summed E-state index contributed by atoms with van der Waals surface area (Å²) in [4.78, 5) is 54.7. The largest absolute Gasteiger partial charge is 0.477 e. The molecule has 208 valence electrons. The number of amides is 2. The predicted molar refractivity (Wildman–Crippen MR) is 150 cm³/mol. The van der Waals surface area contributed by atoms with Crippen molar-refractivity contribution in [3.63, 3.8) is 0 Å². The zero-order chi connectivity index (χ0) is 28.1. The van der Waals surface area contributed by atoms with E-state index in [-0.39, 0.29) is 32.3 Å². The average Bonchev–Trinajstić information content (AvgIpc) is 3.25. The fourth-order valence-electron chi connectivity index (χ4n) is 3.54. The van der Waals surface area contributed by atoms with Gasteiger partial charge in [0.2, 0.25) is 0 Å². The van der Waals surface area contributed by atoms with Crippen molar-refractivity contribution < 1.29 is 28.7 Å². The molecule has 0 radical (unpaired) electrons. The van der Waals surface area contributed by atoms with E-state index in [1.807, 2.05) is 0 Å². The number of pyridine rings is 1. The van der Waals surface area contributed by atoms with Gasteiger partial charge in [0, 0.05) is 45.1 Å². The van der Waals surface area contributed by atoms with Gasteiger partial charge in [0.1, 0.15) is 40.4 Å². The second-order valence-corrected chi connectivity index (χ2v) is 12.6. The number of carbonyl (C=O) groups is 3. The molecule has 2 aromatic rings. The van der Waals surface area contributed by atoms with Crippen molar-refractivity contribution in [1.29, 1.82) is 0 Å². The van der Waals surface area contributed by atoms with Gasteiger partial charge in [-0.25, -0.2) is 14.2 Å². The number of fused-ring (bicyclic) bond motifs is 1. The van der Waals surface area contributed by atoms with Gasteiger partial charge in [0.05, 0.1) is 0 Å². The van der Waals surface area contributed by atoms with Crippen LogP contribution >= 0.6 is 58.2 Å². The third-order valence-corrected chi connectivity index (χ3v) is 10.1. The number of anilines is 1. The number of alkyl halides is 1. The average molecular weight is 634 g/mol. The maximum atomic E-state index is 13.1. The number of nitrogens with two attached hydrogens (primary N) is 2. The predicted octanol–water partition coefficient (Wildman–Crippen LogP) is 2.00. The van der Waals surface area contributed by atoms with E-state index in [4.69, 9.17) is 27.9 Å². The third kappa shape index (κ3) is 6.44. The van der Waals surface area contributed by atoms with E-state index in [1.54, 1.807) is 18.5 Å². The van der Waals surface area contributed by atoms with Crippen molar-refractivity contribution in [3.05, 3.63) is 39.1 Å². The first kappa shape index (κ1) is 29.4. The number of aromatic nitrogens is 2. The molecule has 18 heteroatoms. The van der Waals surface area contributed by atoms with Gasteiger partial charge in [-0.1, -0.05) is 39.9 Å². The number of carbonyl (C=O) groups excluding carboxylic acids is 2. The van der Waals surface area contributed by atoms with E-state index in [9.17, 15) is 23.9 Å². The van der Waals surface area contributed by atoms with E-state index in [1.165, 1.54) is 35.3 Å². The number of thiazole rings is 1. The summed E-state index contributed by atoms with van der Waals surface area (Å²) in [6.07, 6.45) is 3.29. The molecule has 1 fully saturated rings. The number of nitrogens with zero attached hydrogens (tertiary/aromatic N) is 4. The molecule has 2 atom stereocenters. The fourth-order valence-corrected chi connectivity index (χ4v) is 7.92. The van der Waals surface area contributed by atoms with E-state index in [0.29, 0.717) is 17.2 Å². The number of hydrogen-bond donors (Lipinski definition) is 4. The Balaban J connectivity index is 1.54. The molecule has 2 amide bonds. The lowest BCUT2D eigenvalue weighted by Gasteiger charge is -2.49. The second-order valence-electron chi connectivity index (χ2n) is 7.64. The number of nitrogens with one attached hydrogen (secondary N) is 1. The Bertz CT molecular complexity index is 1340. The van der Waals surface area contributed by atoms with Crippen LogP contribution in [0.1, 0.15) is 5.69 Å². The van der Waals surface area contributed by atoms with Crippen LogP contribution in [0.5, 0.6) is 0 Å². The van der Waals surface area contributed by atoms with E-state index in [0.717, 1.165) is 26.0 Å². The van der Waals surface area contributed by atoms with Crippen LogP contribution < -0.4 is 16.8 Å². The normalized spacial score (nSPS) is 19.0. The van der Waals surface area contributed by atoms with E-state index < -0.39 is 42.5 Å². The first-order chi connectivity index (χ1) is 18.8. The van der Waals surface area contributed by atoms with E-state index >= 15 is 0 Å². The number of carboxylic acids is 1. The summed E-state index contributed by atoms with van der Waals surface area (Å²) in [7, 11) is 0. The Labute approximate surface area is 243 Å². The van der Waals surface area contributed by atoms with Crippen LogP contribution in [0.25, 0.3) is 0 Å². The molecule has 12 nitrogen and oxygen atoms in total. The summed E-state index contributed by atoms with van der Waals surface area (Å²) in [5, 5.41) is 15.6. The number of rotatable bonds is 12. The van der Waals surface area contributed by atoms with Crippen LogP contribution in [0.3, 0.4) is 0 Å². The topological polar surface area (TPSA) is 186 Å². The van der Waals surface area contributed by atoms with Gasteiger partial charge in [-0.15, -0.1) is 23.5 Å². The summed E-state index contributed by atoms with van der Waals surface area (Å²) in [6, 6.07) is 0.719. The highest BCUT2D eigenvalue weighted by molar-refractivity contribution is 8.07. The van der Waals surface area contributed by atoms with Crippen LogP contribution in [0.4, 0.5) is 9.52 Å². The second kappa shape index (κ2) is 13.2. The number of oxime groups is 1. The molecule has 0 unspecified atom stereocenters. The number of nitrogen functional groups attached to an aromatic ring is 1. The monoisotopic (exact) mass is 633 g/mol. The van der Waals surface area contributed by atoms with Crippen molar-refractivity contribution in [2.24, 2.45) is 10.9 Å². The summed E-state index contributed by atoms with van der Waals surface area (Å²) >= 11 is 11.1. The summed E-state index contributed by atoms with van der Waals surface area (Å²) in [6.45, 7) is -0.798. The first-order valence-electron chi connectivity index (χ1n) is 11.1. The third-order valence-electron chi connectivity index (χ3n) is 5.14. The summed E-state index contributed by atoms with van der Waals surface area (Å²) < 4.78 is 12.6. The minimum atomic E-state index is -1.27. The highest BCUT2D eigenvalue weighted by Crippen LogP contribution is 2.46. The fraction of sp³-hybridized carbons (Fsp3) is 0.333. The van der Waals surface area contributed by atoms with Crippen LogP contribution in [-0.2, 0) is 19.2 Å². The Kier molecular flexibility index (Phi) is 9.95. The van der Waals surface area contributed by atoms with Gasteiger partial charge in [-0.05, 0) is 6.07 Å². The van der Waals surface area contributed by atoms with Crippen LogP contribution in [0.15, 0.2) is 44.0 Å². The Morgan fingerprint density at radius 2 is 2.21 bits per heavy atom. The molecule has 0 spiro atoms. The maximum absolute atomic E-state index is 13.1. The number of thioether (sulfide) groups is 3. The van der Waals surface area contributed by atoms with Crippen molar-refractivity contribution in [2.75, 3.05) is 37.1 Å². The van der Waals surface area contributed by atoms with Crippen LogP contribution in [-0.4, -0.2) is 86.2 Å². The lowest BCUT2D eigenvalue weighted by Crippen LogP contribution is -2.71. The van der Waals surface area contributed by atoms with Crippen LogP contribution in [0.2, 0.25) is 4.34 Å². The molecule has 0 saturated carbocycles. The minimum absolute atomic E-state index is 0.0525.